The average Bonchev–Trinajstić information content (AvgIpc) is 2.79. The van der Waals surface area contributed by atoms with E-state index in [1.807, 2.05) is 6.07 Å². The zero-order valence-corrected chi connectivity index (χ0v) is 17.6. The molecule has 1 atom stereocenters. The van der Waals surface area contributed by atoms with Crippen molar-refractivity contribution in [2.45, 2.75) is 43.6 Å². The Balaban J connectivity index is 1.71. The summed E-state index contributed by atoms with van der Waals surface area (Å²) < 4.78 is 5.67. The summed E-state index contributed by atoms with van der Waals surface area (Å²) in [7, 11) is 1.73. The molecule has 2 aromatic rings. The van der Waals surface area contributed by atoms with Crippen molar-refractivity contribution in [3.05, 3.63) is 54.1 Å². The highest BCUT2D eigenvalue weighted by Crippen LogP contribution is 2.42. The molecule has 1 aliphatic carbocycles. The summed E-state index contributed by atoms with van der Waals surface area (Å²) in [6.07, 6.45) is 5.28. The molecule has 0 radical (unpaired) electrons. The molecule has 1 unspecified atom stereocenters. The molecule has 2 aromatic carbocycles. The molecule has 2 aliphatic rings. The van der Waals surface area contributed by atoms with Gasteiger partial charge in [-0.3, -0.25) is 0 Å². The third-order valence-corrected chi connectivity index (χ3v) is 6.73. The van der Waals surface area contributed by atoms with E-state index in [0.717, 1.165) is 75.3 Å². The Hall–Kier alpha value is -1.88. The van der Waals surface area contributed by atoms with Gasteiger partial charge in [-0.1, -0.05) is 55.7 Å². The molecule has 29 heavy (non-hydrogen) atoms. The highest BCUT2D eigenvalue weighted by Gasteiger charge is 2.40. The number of hydrogen-bond acceptors (Lipinski definition) is 4. The van der Waals surface area contributed by atoms with E-state index in [4.69, 9.17) is 4.74 Å². The SMILES string of the molecule is COc1ccc(C(CN2CCNCC2)C2(O)CCCCC2)cc1-c1ccccc1. The lowest BCUT2D eigenvalue weighted by molar-refractivity contribution is -0.0316. The monoisotopic (exact) mass is 394 g/mol. The summed E-state index contributed by atoms with van der Waals surface area (Å²) in [6.45, 7) is 5.08. The molecule has 0 spiro atoms. The predicted molar refractivity (Wildman–Crippen MR) is 119 cm³/mol. The zero-order valence-electron chi connectivity index (χ0n) is 17.6. The van der Waals surface area contributed by atoms with Gasteiger partial charge in [-0.15, -0.1) is 0 Å². The van der Waals surface area contributed by atoms with Crippen LogP contribution in [0.25, 0.3) is 11.1 Å². The third kappa shape index (κ3) is 4.66. The number of hydrogen-bond donors (Lipinski definition) is 2. The number of ether oxygens (including phenoxy) is 1. The quantitative estimate of drug-likeness (QED) is 0.776. The van der Waals surface area contributed by atoms with E-state index in [1.54, 1.807) is 7.11 Å². The van der Waals surface area contributed by atoms with Crippen LogP contribution in [0.1, 0.15) is 43.6 Å². The molecule has 1 aliphatic heterocycles. The molecule has 4 heteroatoms. The minimum atomic E-state index is -0.619. The summed E-state index contributed by atoms with van der Waals surface area (Å²) in [5.74, 6) is 1.01. The maximum absolute atomic E-state index is 11.7. The Labute approximate surface area is 174 Å². The molecule has 0 bridgehead atoms. The summed E-state index contributed by atoms with van der Waals surface area (Å²) in [5.41, 5.74) is 2.87. The first-order chi connectivity index (χ1) is 14.2. The van der Waals surface area contributed by atoms with Crippen molar-refractivity contribution in [3.8, 4) is 16.9 Å². The first-order valence-corrected chi connectivity index (χ1v) is 11.1. The van der Waals surface area contributed by atoms with Crippen LogP contribution in [-0.2, 0) is 0 Å². The van der Waals surface area contributed by atoms with Crippen LogP contribution in [0.2, 0.25) is 0 Å². The number of methoxy groups -OCH3 is 1. The molecule has 1 saturated heterocycles. The summed E-state index contributed by atoms with van der Waals surface area (Å²) >= 11 is 0. The van der Waals surface area contributed by atoms with E-state index >= 15 is 0 Å². The van der Waals surface area contributed by atoms with E-state index < -0.39 is 5.60 Å². The highest BCUT2D eigenvalue weighted by atomic mass is 16.5. The lowest BCUT2D eigenvalue weighted by Gasteiger charge is -2.42. The predicted octanol–water partition coefficient (Wildman–Crippen LogP) is 4.05. The van der Waals surface area contributed by atoms with Crippen molar-refractivity contribution in [2.75, 3.05) is 39.8 Å². The van der Waals surface area contributed by atoms with Crippen LogP contribution >= 0.6 is 0 Å². The zero-order chi connectivity index (χ0) is 20.1. The van der Waals surface area contributed by atoms with E-state index in [2.05, 4.69) is 52.7 Å². The fourth-order valence-corrected chi connectivity index (χ4v) is 5.04. The van der Waals surface area contributed by atoms with E-state index in [0.29, 0.717) is 0 Å². The molecule has 4 rings (SSSR count). The van der Waals surface area contributed by atoms with Crippen molar-refractivity contribution >= 4 is 0 Å². The Bertz CT molecular complexity index is 781. The number of benzene rings is 2. The van der Waals surface area contributed by atoms with Crippen LogP contribution in [0.15, 0.2) is 48.5 Å². The Morgan fingerprint density at radius 1 is 1.03 bits per heavy atom. The Kier molecular flexibility index (Phi) is 6.53. The second kappa shape index (κ2) is 9.29. The summed E-state index contributed by atoms with van der Waals surface area (Å²) in [6, 6.07) is 16.9. The number of piperazine rings is 1. The van der Waals surface area contributed by atoms with E-state index in [-0.39, 0.29) is 5.92 Å². The van der Waals surface area contributed by atoms with Gasteiger partial charge in [-0.2, -0.15) is 0 Å². The molecule has 1 heterocycles. The number of aliphatic hydroxyl groups is 1. The van der Waals surface area contributed by atoms with Gasteiger partial charge in [-0.05, 0) is 36.1 Å². The molecular weight excluding hydrogens is 360 g/mol. The topological polar surface area (TPSA) is 44.7 Å². The normalized spacial score (nSPS) is 20.9. The summed E-state index contributed by atoms with van der Waals surface area (Å²) in [4.78, 5) is 2.51. The molecule has 1 saturated carbocycles. The van der Waals surface area contributed by atoms with Gasteiger partial charge < -0.3 is 20.1 Å². The van der Waals surface area contributed by atoms with Gasteiger partial charge in [0.1, 0.15) is 5.75 Å². The van der Waals surface area contributed by atoms with Gasteiger partial charge in [0.15, 0.2) is 0 Å². The fraction of sp³-hybridized carbons (Fsp3) is 0.520. The van der Waals surface area contributed by atoms with Crippen molar-refractivity contribution in [1.29, 1.82) is 0 Å². The van der Waals surface area contributed by atoms with Gasteiger partial charge in [0.25, 0.3) is 0 Å². The standard InChI is InChI=1S/C25H34N2O2/c1-29-24-11-10-21(18-22(24)20-8-4-2-5-9-20)23(19-27-16-14-26-15-17-27)25(28)12-6-3-7-13-25/h2,4-5,8-11,18,23,26,28H,3,6-7,12-17,19H2,1H3. The molecule has 2 N–H and O–H groups in total. The molecule has 4 nitrogen and oxygen atoms in total. The molecular formula is C25H34N2O2. The number of nitrogens with zero attached hydrogens (tertiary/aromatic N) is 1. The Morgan fingerprint density at radius 2 is 1.76 bits per heavy atom. The van der Waals surface area contributed by atoms with E-state index in [1.165, 1.54) is 12.0 Å². The molecule has 156 valence electrons. The minimum Gasteiger partial charge on any atom is -0.496 e. The largest absolute Gasteiger partial charge is 0.496 e. The van der Waals surface area contributed by atoms with Gasteiger partial charge in [-0.25, -0.2) is 0 Å². The lowest BCUT2D eigenvalue weighted by atomic mass is 9.72. The fourth-order valence-electron chi connectivity index (χ4n) is 5.04. The smallest absolute Gasteiger partial charge is 0.126 e. The average molecular weight is 395 g/mol. The molecule has 0 aromatic heterocycles. The second-order valence-corrected chi connectivity index (χ2v) is 8.59. The van der Waals surface area contributed by atoms with Crippen molar-refractivity contribution in [1.82, 2.24) is 10.2 Å². The van der Waals surface area contributed by atoms with E-state index in [9.17, 15) is 5.11 Å². The molecule has 2 fully saturated rings. The van der Waals surface area contributed by atoms with Crippen molar-refractivity contribution in [3.63, 3.8) is 0 Å². The van der Waals surface area contributed by atoms with Crippen LogP contribution < -0.4 is 10.1 Å². The minimum absolute atomic E-state index is 0.120. The third-order valence-electron chi connectivity index (χ3n) is 6.73. The highest BCUT2D eigenvalue weighted by molar-refractivity contribution is 5.71. The maximum Gasteiger partial charge on any atom is 0.126 e. The van der Waals surface area contributed by atoms with Crippen LogP contribution in [0.5, 0.6) is 5.75 Å². The Morgan fingerprint density at radius 3 is 2.45 bits per heavy atom. The lowest BCUT2D eigenvalue weighted by Crippen LogP contribution is -2.49. The first kappa shape index (κ1) is 20.4. The number of rotatable bonds is 6. The second-order valence-electron chi connectivity index (χ2n) is 8.59. The van der Waals surface area contributed by atoms with Crippen molar-refractivity contribution in [2.24, 2.45) is 0 Å². The van der Waals surface area contributed by atoms with Crippen LogP contribution in [0.4, 0.5) is 0 Å². The van der Waals surface area contributed by atoms with Crippen LogP contribution in [0.3, 0.4) is 0 Å². The van der Waals surface area contributed by atoms with Gasteiger partial charge in [0, 0.05) is 44.2 Å². The number of nitrogens with one attached hydrogen (secondary N) is 1. The van der Waals surface area contributed by atoms with Gasteiger partial charge in [0.05, 0.1) is 12.7 Å². The van der Waals surface area contributed by atoms with Crippen LogP contribution in [-0.4, -0.2) is 55.4 Å². The van der Waals surface area contributed by atoms with Crippen molar-refractivity contribution < 1.29 is 9.84 Å². The maximum atomic E-state index is 11.7. The first-order valence-electron chi connectivity index (χ1n) is 11.1. The molecule has 0 amide bonds. The van der Waals surface area contributed by atoms with Gasteiger partial charge in [0.2, 0.25) is 0 Å². The summed E-state index contributed by atoms with van der Waals surface area (Å²) in [5, 5.41) is 15.2. The van der Waals surface area contributed by atoms with Crippen LogP contribution in [0, 0.1) is 0 Å². The van der Waals surface area contributed by atoms with Gasteiger partial charge >= 0.3 is 0 Å².